The van der Waals surface area contributed by atoms with Crippen molar-refractivity contribution >= 4 is 22.8 Å². The molecule has 31 heavy (non-hydrogen) atoms. The van der Waals surface area contributed by atoms with E-state index in [0.717, 1.165) is 33.5 Å². The van der Waals surface area contributed by atoms with Crippen LogP contribution in [0.15, 0.2) is 59.5 Å². The number of nitrogens with zero attached hydrogens (tertiary/aromatic N) is 2. The molecule has 0 bridgehead atoms. The highest BCUT2D eigenvalue weighted by molar-refractivity contribution is 5.83. The maximum atomic E-state index is 6.65. The Balaban J connectivity index is 1.61. The second-order valence-electron chi connectivity index (χ2n) is 7.18. The molecule has 8 heteroatoms. The molecule has 4 rings (SSSR count). The summed E-state index contributed by atoms with van der Waals surface area (Å²) < 4.78 is 16.1. The molecule has 1 atom stereocenters. The number of hydrogen-bond donors (Lipinski definition) is 3. The molecule has 2 aromatic carbocycles. The first-order valence-electron chi connectivity index (χ1n) is 9.72. The van der Waals surface area contributed by atoms with Crippen molar-refractivity contribution in [2.45, 2.75) is 12.7 Å². The highest BCUT2D eigenvalue weighted by Crippen LogP contribution is 2.35. The normalized spacial score (nSPS) is 17.6. The Labute approximate surface area is 180 Å². The number of anilines is 1. The minimum atomic E-state index is -1.17. The molecule has 4 N–H and O–H groups in total. The van der Waals surface area contributed by atoms with Crippen LogP contribution in [0.1, 0.15) is 11.1 Å². The summed E-state index contributed by atoms with van der Waals surface area (Å²) in [5.74, 6) is 1.52. The number of rotatable bonds is 6. The molecule has 160 valence electrons. The van der Waals surface area contributed by atoms with E-state index in [9.17, 15) is 0 Å². The summed E-state index contributed by atoms with van der Waals surface area (Å²) in [7, 11) is 4.83. The van der Waals surface area contributed by atoms with Crippen LogP contribution in [0.3, 0.4) is 0 Å². The summed E-state index contributed by atoms with van der Waals surface area (Å²) in [4.78, 5) is 8.99. The Kier molecular flexibility index (Phi) is 5.39. The summed E-state index contributed by atoms with van der Waals surface area (Å²) in [6.45, 7) is 1.95. The van der Waals surface area contributed by atoms with Crippen LogP contribution < -0.4 is 30.6 Å². The lowest BCUT2D eigenvalue weighted by Gasteiger charge is -2.33. The summed E-state index contributed by atoms with van der Waals surface area (Å²) >= 11 is 0. The number of aryl methyl sites for hydroxylation is 1. The second kappa shape index (κ2) is 8.16. The van der Waals surface area contributed by atoms with Crippen molar-refractivity contribution < 1.29 is 14.2 Å². The molecule has 0 fully saturated rings. The molecule has 1 aromatic heterocycles. The molecule has 1 aliphatic heterocycles. The van der Waals surface area contributed by atoms with E-state index in [1.54, 1.807) is 33.7 Å². The molecule has 0 amide bonds. The predicted molar refractivity (Wildman–Crippen MR) is 122 cm³/mol. The minimum Gasteiger partial charge on any atom is -0.497 e. The van der Waals surface area contributed by atoms with Crippen LogP contribution in [0, 0.1) is 6.92 Å². The minimum absolute atomic E-state index is 0.585. The number of aliphatic imine (C=N–C) groups is 1. The maximum Gasteiger partial charge on any atom is 0.210 e. The molecule has 8 nitrogen and oxygen atoms in total. The Bertz CT molecular complexity index is 1190. The molecule has 0 radical (unpaired) electrons. The standard InChI is InChI=1S/C23H25N5O3/c1-14-9-20(30-3)21(31-4)12-18(14)23(24)26-8-7-22(28-23)27-16-10-15-11-17(29-2)5-6-19(15)25-13-16/h5-13,27-28H,24H2,1-4H3. The fourth-order valence-electron chi connectivity index (χ4n) is 3.57. The zero-order chi connectivity index (χ0) is 22.0. The molecule has 2 heterocycles. The van der Waals surface area contributed by atoms with Gasteiger partial charge in [0.15, 0.2) is 11.5 Å². The van der Waals surface area contributed by atoms with Crippen LogP contribution in [-0.4, -0.2) is 32.5 Å². The molecule has 0 aliphatic carbocycles. The van der Waals surface area contributed by atoms with Gasteiger partial charge in [0, 0.05) is 17.2 Å². The van der Waals surface area contributed by atoms with Gasteiger partial charge in [0.1, 0.15) is 11.6 Å². The summed E-state index contributed by atoms with van der Waals surface area (Å²) in [6.07, 6.45) is 5.26. The monoisotopic (exact) mass is 419 g/mol. The van der Waals surface area contributed by atoms with Crippen LogP contribution in [0.5, 0.6) is 17.2 Å². The van der Waals surface area contributed by atoms with Gasteiger partial charge in [-0.15, -0.1) is 0 Å². The van der Waals surface area contributed by atoms with Gasteiger partial charge in [-0.05, 0) is 55.0 Å². The summed E-state index contributed by atoms with van der Waals surface area (Å²) in [6, 6.07) is 11.5. The van der Waals surface area contributed by atoms with E-state index >= 15 is 0 Å². The average Bonchev–Trinajstić information content (AvgIpc) is 2.78. The van der Waals surface area contributed by atoms with Gasteiger partial charge in [-0.2, -0.15) is 0 Å². The molecule has 1 unspecified atom stereocenters. The molecular weight excluding hydrogens is 394 g/mol. The topological polar surface area (TPSA) is 103 Å². The van der Waals surface area contributed by atoms with Crippen LogP contribution in [0.2, 0.25) is 0 Å². The van der Waals surface area contributed by atoms with Crippen molar-refractivity contribution in [1.82, 2.24) is 10.3 Å². The van der Waals surface area contributed by atoms with E-state index in [-0.39, 0.29) is 0 Å². The zero-order valence-electron chi connectivity index (χ0n) is 17.9. The van der Waals surface area contributed by atoms with Crippen molar-refractivity contribution in [3.8, 4) is 17.2 Å². The van der Waals surface area contributed by atoms with Crippen LogP contribution in [0.4, 0.5) is 5.69 Å². The Morgan fingerprint density at radius 1 is 1.00 bits per heavy atom. The lowest BCUT2D eigenvalue weighted by molar-refractivity contribution is 0.348. The molecule has 0 saturated carbocycles. The van der Waals surface area contributed by atoms with Gasteiger partial charge >= 0.3 is 0 Å². The predicted octanol–water partition coefficient (Wildman–Crippen LogP) is 3.27. The van der Waals surface area contributed by atoms with Gasteiger partial charge in [0.05, 0.1) is 38.7 Å². The van der Waals surface area contributed by atoms with Gasteiger partial charge < -0.3 is 24.8 Å². The zero-order valence-corrected chi connectivity index (χ0v) is 17.9. The van der Waals surface area contributed by atoms with Gasteiger partial charge in [0.2, 0.25) is 5.79 Å². The number of methoxy groups -OCH3 is 3. The van der Waals surface area contributed by atoms with Gasteiger partial charge in [-0.1, -0.05) is 0 Å². The third-order valence-corrected chi connectivity index (χ3v) is 5.15. The van der Waals surface area contributed by atoms with E-state index in [2.05, 4.69) is 20.6 Å². The summed E-state index contributed by atoms with van der Waals surface area (Å²) in [5.41, 5.74) is 10.0. The quantitative estimate of drug-likeness (QED) is 0.563. The highest BCUT2D eigenvalue weighted by atomic mass is 16.5. The van der Waals surface area contributed by atoms with Crippen molar-refractivity contribution in [2.24, 2.45) is 10.7 Å². The third-order valence-electron chi connectivity index (χ3n) is 5.15. The number of benzene rings is 2. The van der Waals surface area contributed by atoms with E-state index in [1.807, 2.05) is 49.4 Å². The average molecular weight is 419 g/mol. The largest absolute Gasteiger partial charge is 0.497 e. The number of ether oxygens (including phenoxy) is 3. The highest BCUT2D eigenvalue weighted by Gasteiger charge is 2.31. The molecule has 0 spiro atoms. The van der Waals surface area contributed by atoms with Gasteiger partial charge in [-0.25, -0.2) is 4.99 Å². The fourth-order valence-corrected chi connectivity index (χ4v) is 3.57. The lowest BCUT2D eigenvalue weighted by Crippen LogP contribution is -2.51. The Hall–Kier alpha value is -3.78. The van der Waals surface area contributed by atoms with Crippen molar-refractivity contribution in [2.75, 3.05) is 26.6 Å². The van der Waals surface area contributed by atoms with Crippen molar-refractivity contribution in [1.29, 1.82) is 0 Å². The van der Waals surface area contributed by atoms with E-state index in [4.69, 9.17) is 19.9 Å². The van der Waals surface area contributed by atoms with Gasteiger partial charge in [-0.3, -0.25) is 10.7 Å². The van der Waals surface area contributed by atoms with E-state index in [0.29, 0.717) is 17.3 Å². The number of pyridine rings is 1. The van der Waals surface area contributed by atoms with Crippen LogP contribution in [-0.2, 0) is 5.79 Å². The number of nitrogens with two attached hydrogens (primary N) is 1. The number of hydrogen-bond acceptors (Lipinski definition) is 8. The fraction of sp³-hybridized carbons (Fsp3) is 0.217. The van der Waals surface area contributed by atoms with Crippen molar-refractivity contribution in [3.05, 3.63) is 65.6 Å². The number of aromatic nitrogens is 1. The Morgan fingerprint density at radius 2 is 1.77 bits per heavy atom. The van der Waals surface area contributed by atoms with Crippen LogP contribution in [0.25, 0.3) is 10.9 Å². The second-order valence-corrected chi connectivity index (χ2v) is 7.18. The number of allylic oxidation sites excluding steroid dienone is 1. The van der Waals surface area contributed by atoms with E-state index < -0.39 is 5.79 Å². The number of nitrogens with one attached hydrogen (secondary N) is 2. The SMILES string of the molecule is COc1ccc2ncc(NC3=CC=NC(N)(c4cc(OC)c(OC)cc4C)N3)cc2c1. The first-order chi connectivity index (χ1) is 15.0. The first kappa shape index (κ1) is 20.5. The van der Waals surface area contributed by atoms with Crippen LogP contribution >= 0.6 is 0 Å². The lowest BCUT2D eigenvalue weighted by atomic mass is 10.0. The first-order valence-corrected chi connectivity index (χ1v) is 9.72. The molecule has 1 aliphatic rings. The van der Waals surface area contributed by atoms with Crippen molar-refractivity contribution in [3.63, 3.8) is 0 Å². The molecule has 3 aromatic rings. The van der Waals surface area contributed by atoms with E-state index in [1.165, 1.54) is 0 Å². The molecular formula is C23H25N5O3. The molecule has 0 saturated heterocycles. The third kappa shape index (κ3) is 3.97. The smallest absolute Gasteiger partial charge is 0.210 e. The summed E-state index contributed by atoms with van der Waals surface area (Å²) in [5, 5.41) is 7.56. The van der Waals surface area contributed by atoms with Gasteiger partial charge in [0.25, 0.3) is 0 Å². The Morgan fingerprint density at radius 3 is 2.52 bits per heavy atom. The number of fused-ring (bicyclic) bond motifs is 1. The maximum absolute atomic E-state index is 6.65.